The number of carbonyl (C=O) groups is 2. The lowest BCUT2D eigenvalue weighted by molar-refractivity contribution is 0.0827. The first kappa shape index (κ1) is 19.7. The number of rotatable bonds is 6. The normalized spacial score (nSPS) is 14.1. The van der Waals surface area contributed by atoms with E-state index in [0.717, 1.165) is 29.7 Å². The largest absolute Gasteiger partial charge is 0.497 e. The highest BCUT2D eigenvalue weighted by Crippen LogP contribution is 2.41. The number of benzene rings is 2. The molecule has 0 spiro atoms. The fourth-order valence-corrected chi connectivity index (χ4v) is 3.21. The predicted molar refractivity (Wildman–Crippen MR) is 110 cm³/mol. The van der Waals surface area contributed by atoms with Crippen molar-refractivity contribution in [3.63, 3.8) is 0 Å². The Morgan fingerprint density at radius 1 is 1.11 bits per heavy atom. The average Bonchev–Trinajstić information content (AvgIpc) is 3.52. The van der Waals surface area contributed by atoms with Gasteiger partial charge >= 0.3 is 6.03 Å². The summed E-state index contributed by atoms with van der Waals surface area (Å²) in [5.74, 6) is 1.19. The predicted octanol–water partition coefficient (Wildman–Crippen LogP) is 3.98. The van der Waals surface area contributed by atoms with Crippen LogP contribution in [0.25, 0.3) is 0 Å². The summed E-state index contributed by atoms with van der Waals surface area (Å²) in [5.41, 5.74) is 3.21. The first-order valence-corrected chi connectivity index (χ1v) is 9.43. The molecule has 1 aliphatic carbocycles. The maximum Gasteiger partial charge on any atom is 0.319 e. The summed E-state index contributed by atoms with van der Waals surface area (Å²) in [7, 11) is 5.07. The van der Waals surface area contributed by atoms with Gasteiger partial charge in [0.05, 0.1) is 13.2 Å². The summed E-state index contributed by atoms with van der Waals surface area (Å²) in [4.78, 5) is 26.2. The van der Waals surface area contributed by atoms with Crippen molar-refractivity contribution in [1.82, 2.24) is 10.2 Å². The molecule has 3 amide bonds. The lowest BCUT2D eigenvalue weighted by atomic mass is 10.0. The number of ether oxygens (including phenoxy) is 1. The molecule has 1 fully saturated rings. The SMILES string of the molecule is COc1ccc(C(NC(=O)Nc2ccc(C(=O)N(C)C)cc2C)C2CC2)cc1. The van der Waals surface area contributed by atoms with Gasteiger partial charge in [-0.15, -0.1) is 0 Å². The molecule has 1 atom stereocenters. The molecule has 6 heteroatoms. The van der Waals surface area contributed by atoms with Crippen molar-refractivity contribution in [2.75, 3.05) is 26.5 Å². The number of methoxy groups -OCH3 is 1. The molecule has 2 N–H and O–H groups in total. The van der Waals surface area contributed by atoms with Crippen molar-refractivity contribution in [3.05, 3.63) is 59.2 Å². The molecular formula is C22H27N3O3. The molecule has 2 aromatic rings. The molecule has 0 bridgehead atoms. The fourth-order valence-electron chi connectivity index (χ4n) is 3.21. The monoisotopic (exact) mass is 381 g/mol. The van der Waals surface area contributed by atoms with Crippen LogP contribution >= 0.6 is 0 Å². The molecule has 0 saturated heterocycles. The van der Waals surface area contributed by atoms with E-state index in [4.69, 9.17) is 4.74 Å². The lowest BCUT2D eigenvalue weighted by Gasteiger charge is -2.20. The van der Waals surface area contributed by atoms with Crippen molar-refractivity contribution in [2.45, 2.75) is 25.8 Å². The molecule has 1 saturated carbocycles. The number of nitrogens with zero attached hydrogens (tertiary/aromatic N) is 1. The van der Waals surface area contributed by atoms with Gasteiger partial charge < -0.3 is 20.3 Å². The fraction of sp³-hybridized carbons (Fsp3) is 0.364. The molecule has 0 radical (unpaired) electrons. The van der Waals surface area contributed by atoms with Crippen molar-refractivity contribution < 1.29 is 14.3 Å². The number of urea groups is 1. The smallest absolute Gasteiger partial charge is 0.319 e. The minimum atomic E-state index is -0.248. The van der Waals surface area contributed by atoms with E-state index in [1.54, 1.807) is 39.4 Å². The zero-order chi connectivity index (χ0) is 20.3. The molecule has 0 aliphatic heterocycles. The Morgan fingerprint density at radius 3 is 2.32 bits per heavy atom. The van der Waals surface area contributed by atoms with Gasteiger partial charge in [0.15, 0.2) is 0 Å². The maximum atomic E-state index is 12.6. The highest BCUT2D eigenvalue weighted by molar-refractivity contribution is 5.96. The number of aryl methyl sites for hydroxylation is 1. The number of amides is 3. The van der Waals surface area contributed by atoms with Crippen molar-refractivity contribution >= 4 is 17.6 Å². The van der Waals surface area contributed by atoms with E-state index in [9.17, 15) is 9.59 Å². The van der Waals surface area contributed by atoms with Gasteiger partial charge in [0.2, 0.25) is 0 Å². The number of carbonyl (C=O) groups excluding carboxylic acids is 2. The summed E-state index contributed by atoms with van der Waals surface area (Å²) in [6.45, 7) is 1.88. The molecule has 2 aromatic carbocycles. The summed E-state index contributed by atoms with van der Waals surface area (Å²) < 4.78 is 5.21. The minimum absolute atomic E-state index is 0.0270. The Balaban J connectivity index is 1.68. The van der Waals surface area contributed by atoms with Gasteiger partial charge in [0.1, 0.15) is 5.75 Å². The topological polar surface area (TPSA) is 70.7 Å². The summed E-state index contributed by atoms with van der Waals surface area (Å²) in [5, 5.41) is 6.01. The number of hydrogen-bond donors (Lipinski definition) is 2. The van der Waals surface area contributed by atoms with Crippen LogP contribution in [0.4, 0.5) is 10.5 Å². The standard InChI is InChI=1S/C22H27N3O3/c1-14-13-17(21(26)25(2)3)9-12-19(14)23-22(27)24-20(15-5-6-15)16-7-10-18(28-4)11-8-16/h7-13,15,20H,5-6H2,1-4H3,(H2,23,24,27). The third-order valence-corrected chi connectivity index (χ3v) is 4.98. The van der Waals surface area contributed by atoms with E-state index in [2.05, 4.69) is 10.6 Å². The summed E-state index contributed by atoms with van der Waals surface area (Å²) >= 11 is 0. The van der Waals surface area contributed by atoms with E-state index >= 15 is 0 Å². The van der Waals surface area contributed by atoms with Gasteiger partial charge in [0, 0.05) is 25.3 Å². The Kier molecular flexibility index (Phi) is 5.87. The van der Waals surface area contributed by atoms with Crippen LogP contribution in [0.1, 0.15) is 40.4 Å². The van der Waals surface area contributed by atoms with Crippen LogP contribution in [0.3, 0.4) is 0 Å². The lowest BCUT2D eigenvalue weighted by Crippen LogP contribution is -2.34. The average molecular weight is 381 g/mol. The molecular weight excluding hydrogens is 354 g/mol. The van der Waals surface area contributed by atoms with Gasteiger partial charge in [-0.25, -0.2) is 4.79 Å². The Labute approximate surface area is 165 Å². The first-order valence-electron chi connectivity index (χ1n) is 9.43. The molecule has 1 aliphatic rings. The summed E-state index contributed by atoms with van der Waals surface area (Å²) in [6.07, 6.45) is 2.22. The zero-order valence-corrected chi connectivity index (χ0v) is 16.8. The van der Waals surface area contributed by atoms with Crippen LogP contribution in [0, 0.1) is 12.8 Å². The minimum Gasteiger partial charge on any atom is -0.497 e. The second-order valence-corrected chi connectivity index (χ2v) is 7.42. The third-order valence-electron chi connectivity index (χ3n) is 4.98. The number of hydrogen-bond acceptors (Lipinski definition) is 3. The first-order chi connectivity index (χ1) is 13.4. The van der Waals surface area contributed by atoms with Gasteiger partial charge in [-0.05, 0) is 67.1 Å². The molecule has 3 rings (SSSR count). The van der Waals surface area contributed by atoms with E-state index in [1.807, 2.05) is 31.2 Å². The third kappa shape index (κ3) is 4.63. The maximum absolute atomic E-state index is 12.6. The van der Waals surface area contributed by atoms with Crippen molar-refractivity contribution in [1.29, 1.82) is 0 Å². The van der Waals surface area contributed by atoms with Gasteiger partial charge in [-0.1, -0.05) is 12.1 Å². The molecule has 0 aromatic heterocycles. The van der Waals surface area contributed by atoms with E-state index in [-0.39, 0.29) is 18.0 Å². The van der Waals surface area contributed by atoms with Crippen LogP contribution in [-0.2, 0) is 0 Å². The summed E-state index contributed by atoms with van der Waals surface area (Å²) in [6, 6.07) is 12.8. The Hall–Kier alpha value is -3.02. The van der Waals surface area contributed by atoms with Crippen LogP contribution in [0.2, 0.25) is 0 Å². The molecule has 1 unspecified atom stereocenters. The number of anilines is 1. The van der Waals surface area contributed by atoms with Crippen LogP contribution in [0.15, 0.2) is 42.5 Å². The zero-order valence-electron chi connectivity index (χ0n) is 16.8. The van der Waals surface area contributed by atoms with Crippen molar-refractivity contribution in [2.24, 2.45) is 5.92 Å². The highest BCUT2D eigenvalue weighted by atomic mass is 16.5. The van der Waals surface area contributed by atoms with E-state index < -0.39 is 0 Å². The molecule has 6 nitrogen and oxygen atoms in total. The highest BCUT2D eigenvalue weighted by Gasteiger charge is 2.33. The number of nitrogens with one attached hydrogen (secondary N) is 2. The molecule has 0 heterocycles. The second kappa shape index (κ2) is 8.33. The molecule has 148 valence electrons. The van der Waals surface area contributed by atoms with Crippen LogP contribution in [0.5, 0.6) is 5.75 Å². The Bertz CT molecular complexity index is 858. The van der Waals surface area contributed by atoms with Crippen LogP contribution < -0.4 is 15.4 Å². The molecule has 28 heavy (non-hydrogen) atoms. The Morgan fingerprint density at radius 2 is 1.79 bits per heavy atom. The van der Waals surface area contributed by atoms with Crippen molar-refractivity contribution in [3.8, 4) is 5.75 Å². The van der Waals surface area contributed by atoms with E-state index in [1.165, 1.54) is 4.90 Å². The van der Waals surface area contributed by atoms with E-state index in [0.29, 0.717) is 17.2 Å². The second-order valence-electron chi connectivity index (χ2n) is 7.42. The van der Waals surface area contributed by atoms with Gasteiger partial charge in [0.25, 0.3) is 5.91 Å². The van der Waals surface area contributed by atoms with Gasteiger partial charge in [-0.2, -0.15) is 0 Å². The van der Waals surface area contributed by atoms with Crippen LogP contribution in [-0.4, -0.2) is 38.0 Å². The quantitative estimate of drug-likeness (QED) is 0.795. The van der Waals surface area contributed by atoms with Gasteiger partial charge in [-0.3, -0.25) is 4.79 Å².